The van der Waals surface area contributed by atoms with Crippen LogP contribution in [0.5, 0.6) is 0 Å². The van der Waals surface area contributed by atoms with E-state index in [4.69, 9.17) is 0 Å². The fourth-order valence-electron chi connectivity index (χ4n) is 2.36. The molecule has 1 atom stereocenters. The first-order valence-corrected chi connectivity index (χ1v) is 7.97. The molecule has 1 amide bonds. The van der Waals surface area contributed by atoms with Crippen molar-refractivity contribution in [3.05, 3.63) is 29.6 Å². The molecule has 3 heteroatoms. The van der Waals surface area contributed by atoms with Gasteiger partial charge in [0.2, 0.25) is 0 Å². The summed E-state index contributed by atoms with van der Waals surface area (Å²) >= 11 is 0. The second kappa shape index (κ2) is 7.41. The van der Waals surface area contributed by atoms with E-state index in [0.717, 1.165) is 12.8 Å². The monoisotopic (exact) mass is 274 g/mol. The average molecular weight is 274 g/mol. The van der Waals surface area contributed by atoms with Crippen LogP contribution in [0.3, 0.4) is 0 Å². The Labute approximate surface area is 122 Å². The maximum absolute atomic E-state index is 11.8. The highest BCUT2D eigenvalue weighted by molar-refractivity contribution is 5.92. The molecule has 1 fully saturated rings. The van der Waals surface area contributed by atoms with E-state index in [1.54, 1.807) is 0 Å². The van der Waals surface area contributed by atoms with Gasteiger partial charge in [0.05, 0.1) is 0 Å². The van der Waals surface area contributed by atoms with Gasteiger partial charge in [-0.05, 0) is 36.8 Å². The third-order valence-corrected chi connectivity index (χ3v) is 3.99. The van der Waals surface area contributed by atoms with Crippen LogP contribution < -0.4 is 5.32 Å². The van der Waals surface area contributed by atoms with E-state index in [0.29, 0.717) is 17.7 Å². The number of nitrogens with one attached hydrogen (secondary N) is 1. The summed E-state index contributed by atoms with van der Waals surface area (Å²) in [7, 11) is 0. The minimum atomic E-state index is -0.0327. The third-order valence-electron chi connectivity index (χ3n) is 3.99. The van der Waals surface area contributed by atoms with Crippen molar-refractivity contribution in [1.29, 1.82) is 0 Å². The van der Waals surface area contributed by atoms with Crippen LogP contribution >= 0.6 is 0 Å². The fraction of sp³-hybridized carbons (Fsp3) is 0.647. The number of amides is 1. The lowest BCUT2D eigenvalue weighted by Gasteiger charge is -2.11. The molecular formula is C17H26N2O. The maximum Gasteiger partial charge on any atom is 0.270 e. The molecule has 0 spiro atoms. The Morgan fingerprint density at radius 2 is 2.15 bits per heavy atom. The lowest BCUT2D eigenvalue weighted by molar-refractivity contribution is 0.0946. The second-order valence-electron chi connectivity index (χ2n) is 5.97. The Balaban J connectivity index is 1.81. The van der Waals surface area contributed by atoms with Gasteiger partial charge in [-0.1, -0.05) is 45.6 Å². The fourth-order valence-corrected chi connectivity index (χ4v) is 2.36. The van der Waals surface area contributed by atoms with Gasteiger partial charge in [-0.2, -0.15) is 0 Å². The normalized spacial score (nSPS) is 15.9. The SMILES string of the molecule is CCCCCCC(C)c1ccc(C(=O)NC2CC2)nc1. The number of rotatable bonds is 8. The predicted molar refractivity (Wildman–Crippen MR) is 81.9 cm³/mol. The van der Waals surface area contributed by atoms with Crippen molar-refractivity contribution in [2.45, 2.75) is 70.8 Å². The van der Waals surface area contributed by atoms with Gasteiger partial charge in [0.1, 0.15) is 5.69 Å². The maximum atomic E-state index is 11.8. The van der Waals surface area contributed by atoms with Crippen LogP contribution in [0.1, 0.15) is 80.8 Å². The van der Waals surface area contributed by atoms with Crippen LogP contribution in [0.4, 0.5) is 0 Å². The van der Waals surface area contributed by atoms with Crippen LogP contribution in [0.2, 0.25) is 0 Å². The molecule has 0 aliphatic heterocycles. The van der Waals surface area contributed by atoms with Gasteiger partial charge in [0.25, 0.3) is 5.91 Å². The molecule has 1 aromatic rings. The van der Waals surface area contributed by atoms with Gasteiger partial charge in [-0.25, -0.2) is 0 Å². The molecular weight excluding hydrogens is 248 g/mol. The molecule has 0 aromatic carbocycles. The Hall–Kier alpha value is -1.38. The number of hydrogen-bond donors (Lipinski definition) is 1. The van der Waals surface area contributed by atoms with Crippen molar-refractivity contribution >= 4 is 5.91 Å². The van der Waals surface area contributed by atoms with E-state index >= 15 is 0 Å². The van der Waals surface area contributed by atoms with Gasteiger partial charge in [-0.15, -0.1) is 0 Å². The Morgan fingerprint density at radius 3 is 2.75 bits per heavy atom. The lowest BCUT2D eigenvalue weighted by atomic mass is 9.96. The number of pyridine rings is 1. The summed E-state index contributed by atoms with van der Waals surface area (Å²) in [6.07, 6.45) is 10.5. The van der Waals surface area contributed by atoms with E-state index in [-0.39, 0.29) is 5.91 Å². The molecule has 0 radical (unpaired) electrons. The molecule has 1 aliphatic rings. The van der Waals surface area contributed by atoms with Crippen molar-refractivity contribution in [1.82, 2.24) is 10.3 Å². The molecule has 20 heavy (non-hydrogen) atoms. The number of nitrogens with zero attached hydrogens (tertiary/aromatic N) is 1. The summed E-state index contributed by atoms with van der Waals surface area (Å²) in [5.74, 6) is 0.495. The van der Waals surface area contributed by atoms with Crippen molar-refractivity contribution in [2.75, 3.05) is 0 Å². The number of hydrogen-bond acceptors (Lipinski definition) is 2. The zero-order valence-electron chi connectivity index (χ0n) is 12.7. The number of aromatic nitrogens is 1. The van der Waals surface area contributed by atoms with Crippen molar-refractivity contribution in [3.8, 4) is 0 Å². The van der Waals surface area contributed by atoms with Crippen LogP contribution in [0.25, 0.3) is 0 Å². The highest BCUT2D eigenvalue weighted by atomic mass is 16.2. The Kier molecular flexibility index (Phi) is 5.57. The molecule has 110 valence electrons. The average Bonchev–Trinajstić information content (AvgIpc) is 3.27. The van der Waals surface area contributed by atoms with Crippen molar-refractivity contribution in [2.24, 2.45) is 0 Å². The molecule has 2 rings (SSSR count). The summed E-state index contributed by atoms with van der Waals surface area (Å²) in [6.45, 7) is 4.48. The van der Waals surface area contributed by atoms with Gasteiger partial charge in [0.15, 0.2) is 0 Å². The first-order chi connectivity index (χ1) is 9.70. The van der Waals surface area contributed by atoms with Gasteiger partial charge in [0, 0.05) is 12.2 Å². The zero-order valence-corrected chi connectivity index (χ0v) is 12.7. The van der Waals surface area contributed by atoms with Gasteiger partial charge >= 0.3 is 0 Å². The smallest absolute Gasteiger partial charge is 0.270 e. The summed E-state index contributed by atoms with van der Waals surface area (Å²) in [5.41, 5.74) is 1.78. The van der Waals surface area contributed by atoms with E-state index in [9.17, 15) is 4.79 Å². The standard InChI is InChI=1S/C17H26N2O/c1-3-4-5-6-7-13(2)14-8-11-16(18-12-14)17(20)19-15-9-10-15/h8,11-13,15H,3-7,9-10H2,1-2H3,(H,19,20). The van der Waals surface area contributed by atoms with Crippen molar-refractivity contribution in [3.63, 3.8) is 0 Å². The van der Waals surface area contributed by atoms with E-state index in [2.05, 4.69) is 30.2 Å². The summed E-state index contributed by atoms with van der Waals surface area (Å²) < 4.78 is 0. The quantitative estimate of drug-likeness (QED) is 0.727. The topological polar surface area (TPSA) is 42.0 Å². The molecule has 1 aromatic heterocycles. The van der Waals surface area contributed by atoms with Crippen LogP contribution in [-0.4, -0.2) is 16.9 Å². The molecule has 1 unspecified atom stereocenters. The van der Waals surface area contributed by atoms with Crippen LogP contribution in [0.15, 0.2) is 18.3 Å². The first-order valence-electron chi connectivity index (χ1n) is 7.97. The molecule has 3 nitrogen and oxygen atoms in total. The van der Waals surface area contributed by atoms with Crippen LogP contribution in [-0.2, 0) is 0 Å². The minimum absolute atomic E-state index is 0.0327. The predicted octanol–water partition coefficient (Wildman–Crippen LogP) is 4.05. The van der Waals surface area contributed by atoms with Gasteiger partial charge in [-0.3, -0.25) is 9.78 Å². The molecule has 1 N–H and O–H groups in total. The number of carbonyl (C=O) groups excluding carboxylic acids is 1. The second-order valence-corrected chi connectivity index (χ2v) is 5.97. The number of unbranched alkanes of at least 4 members (excludes halogenated alkanes) is 3. The largest absolute Gasteiger partial charge is 0.348 e. The highest BCUT2D eigenvalue weighted by Crippen LogP contribution is 2.22. The van der Waals surface area contributed by atoms with E-state index in [1.165, 1.54) is 37.7 Å². The lowest BCUT2D eigenvalue weighted by Crippen LogP contribution is -2.26. The number of carbonyl (C=O) groups is 1. The summed E-state index contributed by atoms with van der Waals surface area (Å²) in [6, 6.07) is 4.30. The third kappa shape index (κ3) is 4.62. The molecule has 1 heterocycles. The summed E-state index contributed by atoms with van der Waals surface area (Å²) in [4.78, 5) is 16.2. The Morgan fingerprint density at radius 1 is 1.35 bits per heavy atom. The summed E-state index contributed by atoms with van der Waals surface area (Å²) in [5, 5.41) is 2.97. The minimum Gasteiger partial charge on any atom is -0.348 e. The molecule has 0 bridgehead atoms. The van der Waals surface area contributed by atoms with Gasteiger partial charge < -0.3 is 5.32 Å². The Bertz CT molecular complexity index is 423. The highest BCUT2D eigenvalue weighted by Gasteiger charge is 2.24. The van der Waals surface area contributed by atoms with E-state index in [1.807, 2.05) is 12.3 Å². The first kappa shape index (κ1) is 15.0. The van der Waals surface area contributed by atoms with Crippen molar-refractivity contribution < 1.29 is 4.79 Å². The molecule has 1 saturated carbocycles. The molecule has 1 aliphatic carbocycles. The van der Waals surface area contributed by atoms with E-state index < -0.39 is 0 Å². The molecule has 0 saturated heterocycles. The zero-order chi connectivity index (χ0) is 14.4. The van der Waals surface area contributed by atoms with Crippen LogP contribution in [0, 0.1) is 0 Å².